The van der Waals surface area contributed by atoms with Crippen molar-refractivity contribution in [3.63, 3.8) is 0 Å². The molecule has 0 aliphatic rings. The number of carbonyl (C=O) groups is 1. The van der Waals surface area contributed by atoms with Gasteiger partial charge in [-0.3, -0.25) is 4.79 Å². The highest BCUT2D eigenvalue weighted by Gasteiger charge is 2.27. The second-order valence-electron chi connectivity index (χ2n) is 7.99. The molecule has 0 aliphatic heterocycles. The van der Waals surface area contributed by atoms with Crippen LogP contribution in [0.5, 0.6) is 11.5 Å². The van der Waals surface area contributed by atoms with E-state index in [1.165, 1.54) is 28.6 Å². The topological polar surface area (TPSA) is 75.7 Å². The van der Waals surface area contributed by atoms with Crippen LogP contribution in [-0.4, -0.2) is 31.7 Å². The van der Waals surface area contributed by atoms with Crippen molar-refractivity contribution in [3.8, 4) is 11.5 Å². The fraction of sp³-hybridized carbons (Fsp3) is 0.107. The van der Waals surface area contributed by atoms with Crippen molar-refractivity contribution in [2.45, 2.75) is 11.3 Å². The van der Waals surface area contributed by atoms with Crippen molar-refractivity contribution in [2.75, 3.05) is 18.4 Å². The molecule has 0 bridgehead atoms. The monoisotopic (exact) mass is 520 g/mol. The minimum Gasteiger partial charge on any atom is -0.455 e. The summed E-state index contributed by atoms with van der Waals surface area (Å²) in [6.45, 7) is -0.234. The molecule has 4 rings (SSSR count). The van der Waals surface area contributed by atoms with Crippen molar-refractivity contribution >= 4 is 33.2 Å². The number of para-hydroxylation sites is 3. The standard InChI is InChI=1S/C28H25ClN2O4S/c29-23-15-17-25(18-16-23)36(33,34)31(20-19-22-9-3-1-4-10-22)21-28(32)30-26-13-7-8-14-27(26)35-24-11-5-2-6-12-24/h1-18H,19-21H2,(H,30,32). The number of halogens is 1. The number of hydrogen-bond donors (Lipinski definition) is 1. The average Bonchev–Trinajstić information content (AvgIpc) is 2.89. The molecule has 0 heterocycles. The molecule has 184 valence electrons. The Morgan fingerprint density at radius 2 is 1.42 bits per heavy atom. The van der Waals surface area contributed by atoms with Gasteiger partial charge in [-0.2, -0.15) is 4.31 Å². The molecule has 4 aromatic rings. The van der Waals surface area contributed by atoms with E-state index in [9.17, 15) is 13.2 Å². The lowest BCUT2D eigenvalue weighted by Crippen LogP contribution is -2.39. The van der Waals surface area contributed by atoms with Crippen LogP contribution in [0.25, 0.3) is 0 Å². The summed E-state index contributed by atoms with van der Waals surface area (Å²) in [4.78, 5) is 13.1. The summed E-state index contributed by atoms with van der Waals surface area (Å²) >= 11 is 5.95. The number of rotatable bonds is 10. The second-order valence-corrected chi connectivity index (χ2v) is 10.4. The number of nitrogens with zero attached hydrogens (tertiary/aromatic N) is 1. The number of ether oxygens (including phenoxy) is 1. The van der Waals surface area contributed by atoms with Crippen LogP contribution in [0.4, 0.5) is 5.69 Å². The van der Waals surface area contributed by atoms with E-state index >= 15 is 0 Å². The highest BCUT2D eigenvalue weighted by Crippen LogP contribution is 2.29. The van der Waals surface area contributed by atoms with Crippen LogP contribution in [0.2, 0.25) is 5.02 Å². The zero-order chi connectivity index (χ0) is 25.4. The Kier molecular flexibility index (Phi) is 8.38. The van der Waals surface area contributed by atoms with Gasteiger partial charge in [-0.1, -0.05) is 72.3 Å². The van der Waals surface area contributed by atoms with Gasteiger partial charge in [0.05, 0.1) is 17.1 Å². The fourth-order valence-corrected chi connectivity index (χ4v) is 5.09. The van der Waals surface area contributed by atoms with E-state index in [1.54, 1.807) is 24.3 Å². The highest BCUT2D eigenvalue weighted by molar-refractivity contribution is 7.89. The van der Waals surface area contributed by atoms with Crippen molar-refractivity contribution in [1.82, 2.24) is 4.31 Å². The zero-order valence-electron chi connectivity index (χ0n) is 19.4. The van der Waals surface area contributed by atoms with Crippen LogP contribution in [0.1, 0.15) is 5.56 Å². The minimum atomic E-state index is -3.95. The Morgan fingerprint density at radius 3 is 2.11 bits per heavy atom. The number of amides is 1. The molecule has 8 heteroatoms. The van der Waals surface area contributed by atoms with E-state index < -0.39 is 15.9 Å². The minimum absolute atomic E-state index is 0.0700. The molecule has 0 spiro atoms. The number of benzene rings is 4. The van der Waals surface area contributed by atoms with Crippen LogP contribution in [0.3, 0.4) is 0 Å². The van der Waals surface area contributed by atoms with E-state index in [0.29, 0.717) is 28.6 Å². The van der Waals surface area contributed by atoms with Gasteiger partial charge in [0.2, 0.25) is 15.9 Å². The number of carbonyl (C=O) groups excluding carboxylic acids is 1. The number of sulfonamides is 1. The summed E-state index contributed by atoms with van der Waals surface area (Å²) in [5.74, 6) is 0.590. The third kappa shape index (κ3) is 6.73. The molecular weight excluding hydrogens is 496 g/mol. The van der Waals surface area contributed by atoms with Gasteiger partial charge in [-0.25, -0.2) is 8.42 Å². The van der Waals surface area contributed by atoms with Crippen molar-refractivity contribution < 1.29 is 17.9 Å². The maximum Gasteiger partial charge on any atom is 0.243 e. The summed E-state index contributed by atoms with van der Waals surface area (Å²) in [5.41, 5.74) is 1.41. The van der Waals surface area contributed by atoms with E-state index in [4.69, 9.17) is 16.3 Å². The third-order valence-corrected chi connectivity index (χ3v) is 7.51. The maximum absolute atomic E-state index is 13.4. The Balaban J connectivity index is 1.54. The molecular formula is C28H25ClN2O4S. The van der Waals surface area contributed by atoms with Crippen LogP contribution in [0.15, 0.2) is 114 Å². The third-order valence-electron chi connectivity index (χ3n) is 5.40. The second kappa shape index (κ2) is 11.9. The lowest BCUT2D eigenvalue weighted by atomic mass is 10.1. The lowest BCUT2D eigenvalue weighted by Gasteiger charge is -2.22. The predicted molar refractivity (Wildman–Crippen MR) is 142 cm³/mol. The Labute approximate surface area is 216 Å². The van der Waals surface area contributed by atoms with E-state index in [2.05, 4.69) is 5.32 Å². The summed E-state index contributed by atoms with van der Waals surface area (Å²) < 4.78 is 34.0. The summed E-state index contributed by atoms with van der Waals surface area (Å²) in [6, 6.07) is 31.6. The molecule has 36 heavy (non-hydrogen) atoms. The molecule has 0 aromatic heterocycles. The number of anilines is 1. The molecule has 0 unspecified atom stereocenters. The van der Waals surface area contributed by atoms with Crippen molar-refractivity contribution in [2.24, 2.45) is 0 Å². The summed E-state index contributed by atoms with van der Waals surface area (Å²) in [5, 5.41) is 3.23. The Morgan fingerprint density at radius 1 is 0.806 bits per heavy atom. The Hall–Kier alpha value is -3.65. The Bertz CT molecular complexity index is 1400. The lowest BCUT2D eigenvalue weighted by molar-refractivity contribution is -0.116. The summed E-state index contributed by atoms with van der Waals surface area (Å²) in [7, 11) is -3.95. The van der Waals surface area contributed by atoms with Gasteiger partial charge in [-0.05, 0) is 60.5 Å². The van der Waals surface area contributed by atoms with E-state index in [-0.39, 0.29) is 18.0 Å². The number of hydrogen-bond acceptors (Lipinski definition) is 4. The smallest absolute Gasteiger partial charge is 0.243 e. The molecule has 0 atom stereocenters. The highest BCUT2D eigenvalue weighted by atomic mass is 35.5. The predicted octanol–water partition coefficient (Wildman–Crippen LogP) is 6.00. The molecule has 0 saturated carbocycles. The largest absolute Gasteiger partial charge is 0.455 e. The van der Waals surface area contributed by atoms with Gasteiger partial charge >= 0.3 is 0 Å². The van der Waals surface area contributed by atoms with Gasteiger partial charge in [0.1, 0.15) is 5.75 Å². The zero-order valence-corrected chi connectivity index (χ0v) is 21.0. The molecule has 4 aromatic carbocycles. The van der Waals surface area contributed by atoms with Crippen LogP contribution in [-0.2, 0) is 21.2 Å². The van der Waals surface area contributed by atoms with Crippen molar-refractivity contribution in [1.29, 1.82) is 0 Å². The molecule has 0 saturated heterocycles. The first-order valence-electron chi connectivity index (χ1n) is 11.3. The molecule has 1 N–H and O–H groups in total. The molecule has 0 radical (unpaired) electrons. The van der Waals surface area contributed by atoms with E-state index in [0.717, 1.165) is 5.56 Å². The van der Waals surface area contributed by atoms with Gasteiger partial charge in [-0.15, -0.1) is 0 Å². The van der Waals surface area contributed by atoms with Gasteiger partial charge in [0.15, 0.2) is 5.75 Å². The van der Waals surface area contributed by atoms with Crippen LogP contribution in [0, 0.1) is 0 Å². The fourth-order valence-electron chi connectivity index (χ4n) is 3.56. The van der Waals surface area contributed by atoms with Gasteiger partial charge in [0, 0.05) is 11.6 Å². The van der Waals surface area contributed by atoms with Crippen LogP contribution < -0.4 is 10.1 Å². The van der Waals surface area contributed by atoms with Crippen LogP contribution >= 0.6 is 11.6 Å². The van der Waals surface area contributed by atoms with E-state index in [1.807, 2.05) is 60.7 Å². The first-order chi connectivity index (χ1) is 17.4. The quantitative estimate of drug-likeness (QED) is 0.278. The average molecular weight is 521 g/mol. The molecule has 6 nitrogen and oxygen atoms in total. The summed E-state index contributed by atoms with van der Waals surface area (Å²) in [6.07, 6.45) is 0.453. The molecule has 1 amide bonds. The molecule has 0 aliphatic carbocycles. The molecule has 0 fully saturated rings. The SMILES string of the molecule is O=C(CN(CCc1ccccc1)S(=O)(=O)c1ccc(Cl)cc1)Nc1ccccc1Oc1ccccc1. The first-order valence-corrected chi connectivity index (χ1v) is 13.1. The maximum atomic E-state index is 13.4. The van der Waals surface area contributed by atoms with Gasteiger partial charge < -0.3 is 10.1 Å². The van der Waals surface area contributed by atoms with Crippen molar-refractivity contribution in [3.05, 3.63) is 120 Å². The van der Waals surface area contributed by atoms with Gasteiger partial charge in [0.25, 0.3) is 0 Å². The normalized spacial score (nSPS) is 11.3. The number of nitrogens with one attached hydrogen (secondary N) is 1. The first kappa shape index (κ1) is 25.4.